The van der Waals surface area contributed by atoms with Crippen molar-refractivity contribution in [1.82, 2.24) is 10.2 Å². The second-order valence-corrected chi connectivity index (χ2v) is 9.21. The van der Waals surface area contributed by atoms with Crippen LogP contribution >= 0.6 is 0 Å². The molecule has 1 aromatic carbocycles. The summed E-state index contributed by atoms with van der Waals surface area (Å²) in [6, 6.07) is 6.23. The number of nitrogens with one attached hydrogen (secondary N) is 1. The first-order valence-electron chi connectivity index (χ1n) is 8.65. The summed E-state index contributed by atoms with van der Waals surface area (Å²) in [6.07, 6.45) is 5.32. The van der Waals surface area contributed by atoms with Crippen molar-refractivity contribution in [2.45, 2.75) is 37.0 Å². The van der Waals surface area contributed by atoms with Gasteiger partial charge in [0.25, 0.3) is 5.91 Å². The van der Waals surface area contributed by atoms with Crippen LogP contribution in [0.4, 0.5) is 0 Å². The van der Waals surface area contributed by atoms with Crippen LogP contribution in [-0.4, -0.2) is 51.0 Å². The Hall–Kier alpha value is -1.89. The van der Waals surface area contributed by atoms with Gasteiger partial charge in [0, 0.05) is 37.9 Å². The normalized spacial score (nSPS) is 20.8. The van der Waals surface area contributed by atoms with Crippen LogP contribution in [0.5, 0.6) is 0 Å². The number of rotatable bonds is 2. The Bertz CT molecular complexity index is 780. The number of hydrogen-bond donors (Lipinski definition) is 1. The van der Waals surface area contributed by atoms with Crippen LogP contribution in [0.25, 0.3) is 0 Å². The lowest BCUT2D eigenvalue weighted by molar-refractivity contribution is -0.121. The van der Waals surface area contributed by atoms with Gasteiger partial charge in [-0.2, -0.15) is 0 Å². The van der Waals surface area contributed by atoms with Crippen molar-refractivity contribution in [3.05, 3.63) is 29.8 Å². The highest BCUT2D eigenvalue weighted by molar-refractivity contribution is 7.90. The van der Waals surface area contributed by atoms with E-state index in [9.17, 15) is 18.0 Å². The molecular weight excluding hydrogens is 340 g/mol. The zero-order chi connectivity index (χ0) is 18.1. The summed E-state index contributed by atoms with van der Waals surface area (Å²) in [7, 11) is -3.33. The highest BCUT2D eigenvalue weighted by Crippen LogP contribution is 2.40. The highest BCUT2D eigenvalue weighted by atomic mass is 32.2. The van der Waals surface area contributed by atoms with E-state index in [1.807, 2.05) is 0 Å². The van der Waals surface area contributed by atoms with Gasteiger partial charge in [-0.1, -0.05) is 6.07 Å². The van der Waals surface area contributed by atoms with Gasteiger partial charge in [-0.25, -0.2) is 8.42 Å². The molecule has 0 radical (unpaired) electrons. The van der Waals surface area contributed by atoms with Crippen LogP contribution in [0, 0.1) is 5.41 Å². The van der Waals surface area contributed by atoms with E-state index in [1.165, 1.54) is 12.1 Å². The molecule has 2 amide bonds. The van der Waals surface area contributed by atoms with E-state index in [0.29, 0.717) is 31.6 Å². The number of carbonyl (C=O) groups is 2. The first-order valence-corrected chi connectivity index (χ1v) is 10.5. The molecule has 2 heterocycles. The highest BCUT2D eigenvalue weighted by Gasteiger charge is 2.37. The maximum Gasteiger partial charge on any atom is 0.253 e. The topological polar surface area (TPSA) is 83.6 Å². The molecule has 0 unspecified atom stereocenters. The minimum atomic E-state index is -3.33. The Morgan fingerprint density at radius 1 is 1.16 bits per heavy atom. The van der Waals surface area contributed by atoms with Gasteiger partial charge in [0.1, 0.15) is 0 Å². The van der Waals surface area contributed by atoms with E-state index in [2.05, 4.69) is 5.32 Å². The predicted molar refractivity (Wildman–Crippen MR) is 94.0 cm³/mol. The Kier molecular flexibility index (Phi) is 4.86. The van der Waals surface area contributed by atoms with Crippen LogP contribution in [0.15, 0.2) is 29.2 Å². The van der Waals surface area contributed by atoms with Crippen LogP contribution < -0.4 is 5.32 Å². The molecule has 0 saturated carbocycles. The van der Waals surface area contributed by atoms with Crippen molar-refractivity contribution >= 4 is 21.7 Å². The summed E-state index contributed by atoms with van der Waals surface area (Å²) in [6.45, 7) is 2.01. The fraction of sp³-hybridized carbons (Fsp3) is 0.556. The van der Waals surface area contributed by atoms with Gasteiger partial charge in [-0.05, 0) is 49.3 Å². The van der Waals surface area contributed by atoms with Crippen molar-refractivity contribution < 1.29 is 18.0 Å². The Morgan fingerprint density at radius 2 is 1.88 bits per heavy atom. The van der Waals surface area contributed by atoms with E-state index in [0.717, 1.165) is 31.9 Å². The molecule has 0 bridgehead atoms. The molecule has 2 aliphatic heterocycles. The Balaban J connectivity index is 1.69. The third-order valence-corrected chi connectivity index (χ3v) is 6.59. The smallest absolute Gasteiger partial charge is 0.253 e. The van der Waals surface area contributed by atoms with Gasteiger partial charge in [0.15, 0.2) is 9.84 Å². The fourth-order valence-corrected chi connectivity index (χ4v) is 4.45. The maximum absolute atomic E-state index is 12.7. The molecule has 2 aliphatic rings. The first-order chi connectivity index (χ1) is 11.8. The maximum atomic E-state index is 12.7. The summed E-state index contributed by atoms with van der Waals surface area (Å²) in [4.78, 5) is 26.3. The molecule has 0 aliphatic carbocycles. The summed E-state index contributed by atoms with van der Waals surface area (Å²) in [5.74, 6) is -0.00357. The first kappa shape index (κ1) is 17.9. The largest absolute Gasteiger partial charge is 0.356 e. The average molecular weight is 364 g/mol. The lowest BCUT2D eigenvalue weighted by Crippen LogP contribution is -2.43. The zero-order valence-electron chi connectivity index (χ0n) is 14.5. The third kappa shape index (κ3) is 4.03. The fourth-order valence-electron chi connectivity index (χ4n) is 3.79. The second-order valence-electron chi connectivity index (χ2n) is 7.19. The van der Waals surface area contributed by atoms with Crippen LogP contribution in [-0.2, 0) is 14.6 Å². The van der Waals surface area contributed by atoms with Crippen molar-refractivity contribution in [3.8, 4) is 0 Å². The molecule has 2 fully saturated rings. The standard InChI is InChI=1S/C18H24N2O4S/c1-25(23,24)15-4-2-3-14(13-15)17(22)20-11-8-18(9-12-20)6-5-16(21)19-10-7-18/h2-4,13H,5-12H2,1H3,(H,19,21). The number of benzene rings is 1. The average Bonchev–Trinajstić information content (AvgIpc) is 2.77. The number of amides is 2. The van der Waals surface area contributed by atoms with Gasteiger partial charge >= 0.3 is 0 Å². The van der Waals surface area contributed by atoms with Crippen molar-refractivity contribution in [2.75, 3.05) is 25.9 Å². The molecule has 136 valence electrons. The summed E-state index contributed by atoms with van der Waals surface area (Å²) < 4.78 is 23.4. The summed E-state index contributed by atoms with van der Waals surface area (Å²) >= 11 is 0. The minimum Gasteiger partial charge on any atom is -0.356 e. The summed E-state index contributed by atoms with van der Waals surface area (Å²) in [5, 5.41) is 2.92. The van der Waals surface area contributed by atoms with Gasteiger partial charge in [-0.15, -0.1) is 0 Å². The van der Waals surface area contributed by atoms with E-state index in [-0.39, 0.29) is 22.1 Å². The molecular formula is C18H24N2O4S. The molecule has 1 aromatic rings. The van der Waals surface area contributed by atoms with Crippen LogP contribution in [0.1, 0.15) is 42.5 Å². The molecule has 1 N–H and O–H groups in total. The van der Waals surface area contributed by atoms with Gasteiger partial charge in [0.05, 0.1) is 4.90 Å². The molecule has 2 saturated heterocycles. The van der Waals surface area contributed by atoms with Gasteiger partial charge in [0.2, 0.25) is 5.91 Å². The molecule has 0 aromatic heterocycles. The van der Waals surface area contributed by atoms with Gasteiger partial charge < -0.3 is 10.2 Å². The number of hydrogen-bond acceptors (Lipinski definition) is 4. The molecule has 25 heavy (non-hydrogen) atoms. The second kappa shape index (κ2) is 6.78. The Labute approximate surface area is 148 Å². The quantitative estimate of drug-likeness (QED) is 0.864. The van der Waals surface area contributed by atoms with Crippen molar-refractivity contribution in [3.63, 3.8) is 0 Å². The SMILES string of the molecule is CS(=O)(=O)c1cccc(C(=O)N2CCC3(CCNC(=O)CC3)CC2)c1. The number of sulfone groups is 1. The molecule has 1 spiro atoms. The molecule has 3 rings (SSSR count). The number of carbonyl (C=O) groups excluding carboxylic acids is 2. The third-order valence-electron chi connectivity index (χ3n) is 5.48. The van der Waals surface area contributed by atoms with E-state index < -0.39 is 9.84 Å². The van der Waals surface area contributed by atoms with Crippen LogP contribution in [0.2, 0.25) is 0 Å². The molecule has 7 heteroatoms. The minimum absolute atomic E-state index is 0.118. The van der Waals surface area contributed by atoms with E-state index >= 15 is 0 Å². The zero-order valence-corrected chi connectivity index (χ0v) is 15.3. The number of likely N-dealkylation sites (tertiary alicyclic amines) is 1. The predicted octanol–water partition coefficient (Wildman–Crippen LogP) is 1.61. The number of piperidine rings is 1. The van der Waals surface area contributed by atoms with Crippen molar-refractivity contribution in [1.29, 1.82) is 0 Å². The Morgan fingerprint density at radius 3 is 2.56 bits per heavy atom. The molecule has 0 atom stereocenters. The lowest BCUT2D eigenvalue weighted by atomic mass is 9.73. The van der Waals surface area contributed by atoms with Crippen molar-refractivity contribution in [2.24, 2.45) is 5.41 Å². The molecule has 6 nitrogen and oxygen atoms in total. The monoisotopic (exact) mass is 364 g/mol. The van der Waals surface area contributed by atoms with Gasteiger partial charge in [-0.3, -0.25) is 9.59 Å². The van der Waals surface area contributed by atoms with E-state index in [4.69, 9.17) is 0 Å². The van der Waals surface area contributed by atoms with Crippen LogP contribution in [0.3, 0.4) is 0 Å². The lowest BCUT2D eigenvalue weighted by Gasteiger charge is -2.41. The number of nitrogens with zero attached hydrogens (tertiary/aromatic N) is 1. The summed E-state index contributed by atoms with van der Waals surface area (Å²) in [5.41, 5.74) is 0.557. The van der Waals surface area contributed by atoms with E-state index in [1.54, 1.807) is 17.0 Å².